The highest BCUT2D eigenvalue weighted by molar-refractivity contribution is 7.11. The van der Waals surface area contributed by atoms with Crippen LogP contribution in [0.2, 0.25) is 0 Å². The van der Waals surface area contributed by atoms with Crippen LogP contribution in [0.15, 0.2) is 0 Å². The van der Waals surface area contributed by atoms with Crippen molar-refractivity contribution in [1.29, 1.82) is 0 Å². The topological polar surface area (TPSA) is 24.9 Å². The van der Waals surface area contributed by atoms with Crippen LogP contribution in [0.1, 0.15) is 42.3 Å². The first kappa shape index (κ1) is 13.7. The third-order valence-electron chi connectivity index (χ3n) is 2.94. The molecule has 1 N–H and O–H groups in total. The maximum atomic E-state index is 4.59. The predicted octanol–water partition coefficient (Wildman–Crippen LogP) is 3.33. The smallest absolute Gasteiger partial charge is 0.0931 e. The highest BCUT2D eigenvalue weighted by atomic mass is 32.1. The van der Waals surface area contributed by atoms with Crippen molar-refractivity contribution < 1.29 is 0 Å². The average Bonchev–Trinajstić information content (AvgIpc) is 2.53. The third kappa shape index (κ3) is 4.22. The first-order chi connectivity index (χ1) is 7.52. The van der Waals surface area contributed by atoms with Crippen molar-refractivity contribution >= 4 is 11.3 Å². The molecule has 1 atom stereocenters. The summed E-state index contributed by atoms with van der Waals surface area (Å²) < 4.78 is 0. The molecule has 0 amide bonds. The lowest BCUT2D eigenvalue weighted by Gasteiger charge is -2.17. The Labute approximate surface area is 103 Å². The Kier molecular flexibility index (Phi) is 5.42. The van der Waals surface area contributed by atoms with Gasteiger partial charge in [0.15, 0.2) is 0 Å². The summed E-state index contributed by atoms with van der Waals surface area (Å²) in [5.74, 6) is 0.761. The molecule has 1 aromatic heterocycles. The van der Waals surface area contributed by atoms with Gasteiger partial charge in [-0.25, -0.2) is 4.98 Å². The van der Waals surface area contributed by atoms with Crippen molar-refractivity contribution in [3.05, 3.63) is 15.6 Å². The van der Waals surface area contributed by atoms with Crippen LogP contribution in [-0.4, -0.2) is 18.1 Å². The molecule has 1 heterocycles. The molecule has 92 valence electrons. The Morgan fingerprint density at radius 3 is 2.44 bits per heavy atom. The van der Waals surface area contributed by atoms with Gasteiger partial charge in [0, 0.05) is 17.3 Å². The number of aryl methyl sites for hydroxylation is 3. The molecular weight excluding hydrogens is 216 g/mol. The minimum absolute atomic E-state index is 0.629. The maximum absolute atomic E-state index is 4.59. The zero-order chi connectivity index (χ0) is 12.1. The van der Waals surface area contributed by atoms with Crippen molar-refractivity contribution in [3.8, 4) is 0 Å². The van der Waals surface area contributed by atoms with Gasteiger partial charge in [0.25, 0.3) is 0 Å². The molecule has 0 aromatic carbocycles. The van der Waals surface area contributed by atoms with E-state index < -0.39 is 0 Å². The van der Waals surface area contributed by atoms with Gasteiger partial charge in [-0.05, 0) is 39.7 Å². The van der Waals surface area contributed by atoms with E-state index in [1.807, 2.05) is 11.3 Å². The number of nitrogens with one attached hydrogen (secondary N) is 1. The largest absolute Gasteiger partial charge is 0.317 e. The lowest BCUT2D eigenvalue weighted by atomic mass is 10.0. The molecule has 1 aromatic rings. The second-order valence-corrected chi connectivity index (χ2v) is 6.19. The molecule has 0 aliphatic rings. The molecule has 3 heteroatoms. The monoisotopic (exact) mass is 240 g/mol. The SMILES string of the molecule is CNC(CCc1nc(C)c(C)s1)CC(C)C. The van der Waals surface area contributed by atoms with Gasteiger partial charge in [0.05, 0.1) is 10.7 Å². The Hall–Kier alpha value is -0.410. The van der Waals surface area contributed by atoms with Gasteiger partial charge in [0.2, 0.25) is 0 Å². The van der Waals surface area contributed by atoms with E-state index in [4.69, 9.17) is 0 Å². The van der Waals surface area contributed by atoms with Crippen LogP contribution in [0.4, 0.5) is 0 Å². The molecule has 1 rings (SSSR count). The molecule has 1 unspecified atom stereocenters. The van der Waals surface area contributed by atoms with Crippen LogP contribution in [0.3, 0.4) is 0 Å². The number of hydrogen-bond acceptors (Lipinski definition) is 3. The van der Waals surface area contributed by atoms with Crippen LogP contribution in [0.5, 0.6) is 0 Å². The van der Waals surface area contributed by atoms with E-state index in [0.29, 0.717) is 6.04 Å². The number of aromatic nitrogens is 1. The molecule has 0 aliphatic heterocycles. The van der Waals surface area contributed by atoms with Gasteiger partial charge in [0.1, 0.15) is 0 Å². The molecule has 0 spiro atoms. The van der Waals surface area contributed by atoms with E-state index in [1.165, 1.54) is 28.4 Å². The van der Waals surface area contributed by atoms with Gasteiger partial charge in [-0.15, -0.1) is 11.3 Å². The Morgan fingerprint density at radius 1 is 1.31 bits per heavy atom. The van der Waals surface area contributed by atoms with E-state index >= 15 is 0 Å². The van der Waals surface area contributed by atoms with Crippen LogP contribution in [-0.2, 0) is 6.42 Å². The molecule has 0 saturated carbocycles. The van der Waals surface area contributed by atoms with Gasteiger partial charge in [-0.2, -0.15) is 0 Å². The molecular formula is C13H24N2S. The average molecular weight is 240 g/mol. The first-order valence-electron chi connectivity index (χ1n) is 6.13. The van der Waals surface area contributed by atoms with E-state index in [2.05, 4.69) is 45.0 Å². The molecule has 0 aliphatic carbocycles. The van der Waals surface area contributed by atoms with E-state index in [-0.39, 0.29) is 0 Å². The molecule has 0 fully saturated rings. The van der Waals surface area contributed by atoms with Crippen LogP contribution < -0.4 is 5.32 Å². The van der Waals surface area contributed by atoms with Crippen LogP contribution in [0.25, 0.3) is 0 Å². The zero-order valence-electron chi connectivity index (χ0n) is 11.1. The summed E-state index contributed by atoms with van der Waals surface area (Å²) in [6.07, 6.45) is 3.55. The van der Waals surface area contributed by atoms with E-state index in [1.54, 1.807) is 0 Å². The predicted molar refractivity (Wildman–Crippen MR) is 72.2 cm³/mol. The fourth-order valence-electron chi connectivity index (χ4n) is 1.89. The van der Waals surface area contributed by atoms with Crippen LogP contribution >= 0.6 is 11.3 Å². The normalized spacial score (nSPS) is 13.4. The standard InChI is InChI=1S/C13H24N2S/c1-9(2)8-12(14-5)6-7-13-15-10(3)11(4)16-13/h9,12,14H,6-8H2,1-5H3. The summed E-state index contributed by atoms with van der Waals surface area (Å²) in [5, 5.41) is 4.69. The fourth-order valence-corrected chi connectivity index (χ4v) is 2.84. The summed E-state index contributed by atoms with van der Waals surface area (Å²) in [6, 6.07) is 0.629. The number of hydrogen-bond donors (Lipinski definition) is 1. The summed E-state index contributed by atoms with van der Waals surface area (Å²) >= 11 is 1.85. The molecule has 0 radical (unpaired) electrons. The minimum atomic E-state index is 0.629. The number of nitrogens with zero attached hydrogens (tertiary/aromatic N) is 1. The van der Waals surface area contributed by atoms with Gasteiger partial charge in [-0.1, -0.05) is 13.8 Å². The van der Waals surface area contributed by atoms with Crippen molar-refractivity contribution in [2.75, 3.05) is 7.05 Å². The second-order valence-electron chi connectivity index (χ2n) is 4.90. The lowest BCUT2D eigenvalue weighted by molar-refractivity contribution is 0.421. The summed E-state index contributed by atoms with van der Waals surface area (Å²) in [4.78, 5) is 5.95. The molecule has 0 saturated heterocycles. The lowest BCUT2D eigenvalue weighted by Crippen LogP contribution is -2.27. The van der Waals surface area contributed by atoms with Crippen molar-refractivity contribution in [2.45, 2.75) is 53.0 Å². The van der Waals surface area contributed by atoms with Crippen molar-refractivity contribution in [2.24, 2.45) is 5.92 Å². The van der Waals surface area contributed by atoms with Gasteiger partial charge in [-0.3, -0.25) is 0 Å². The molecule has 2 nitrogen and oxygen atoms in total. The number of thiazole rings is 1. The zero-order valence-corrected chi connectivity index (χ0v) is 11.9. The Bertz CT molecular complexity index is 298. The summed E-state index contributed by atoms with van der Waals surface area (Å²) in [7, 11) is 2.06. The molecule has 16 heavy (non-hydrogen) atoms. The van der Waals surface area contributed by atoms with Gasteiger partial charge >= 0.3 is 0 Å². The van der Waals surface area contributed by atoms with Crippen LogP contribution in [0, 0.1) is 19.8 Å². The first-order valence-corrected chi connectivity index (χ1v) is 6.94. The highest BCUT2D eigenvalue weighted by Gasteiger charge is 2.10. The van der Waals surface area contributed by atoms with E-state index in [0.717, 1.165) is 12.3 Å². The third-order valence-corrected chi connectivity index (χ3v) is 4.08. The Balaban J connectivity index is 2.43. The fraction of sp³-hybridized carbons (Fsp3) is 0.769. The van der Waals surface area contributed by atoms with E-state index in [9.17, 15) is 0 Å². The summed E-state index contributed by atoms with van der Waals surface area (Å²) in [5.41, 5.74) is 1.20. The van der Waals surface area contributed by atoms with Gasteiger partial charge < -0.3 is 5.32 Å². The van der Waals surface area contributed by atoms with Crippen molar-refractivity contribution in [3.63, 3.8) is 0 Å². The number of rotatable bonds is 6. The highest BCUT2D eigenvalue weighted by Crippen LogP contribution is 2.19. The summed E-state index contributed by atoms with van der Waals surface area (Å²) in [6.45, 7) is 8.81. The van der Waals surface area contributed by atoms with Crippen molar-refractivity contribution in [1.82, 2.24) is 10.3 Å². The quantitative estimate of drug-likeness (QED) is 0.825. The maximum Gasteiger partial charge on any atom is 0.0931 e. The minimum Gasteiger partial charge on any atom is -0.317 e. The Morgan fingerprint density at radius 2 is 2.00 bits per heavy atom. The molecule has 0 bridgehead atoms. The second kappa shape index (κ2) is 6.36.